The molecule has 0 aromatic carbocycles. The van der Waals surface area contributed by atoms with Gasteiger partial charge in [0, 0.05) is 6.54 Å². The van der Waals surface area contributed by atoms with E-state index in [0.717, 1.165) is 18.4 Å². The van der Waals surface area contributed by atoms with Crippen molar-refractivity contribution in [2.75, 3.05) is 6.54 Å². The summed E-state index contributed by atoms with van der Waals surface area (Å²) in [6.45, 7) is 7.15. The minimum absolute atomic E-state index is 0. The van der Waals surface area contributed by atoms with Crippen LogP contribution < -0.4 is 11.1 Å². The Morgan fingerprint density at radius 2 is 1.76 bits per heavy atom. The van der Waals surface area contributed by atoms with Crippen molar-refractivity contribution in [2.24, 2.45) is 23.5 Å². The number of rotatable bonds is 4. The second-order valence-electron chi connectivity index (χ2n) is 5.56. The summed E-state index contributed by atoms with van der Waals surface area (Å²) in [6.07, 6.45) is 5.14. The molecule has 3 nitrogen and oxygen atoms in total. The molecule has 0 saturated heterocycles. The Balaban J connectivity index is 0.00000256. The van der Waals surface area contributed by atoms with Crippen molar-refractivity contribution in [2.45, 2.75) is 52.5 Å². The van der Waals surface area contributed by atoms with E-state index in [1.807, 2.05) is 0 Å². The number of halogens is 1. The minimum Gasteiger partial charge on any atom is -0.354 e. The van der Waals surface area contributed by atoms with E-state index in [4.69, 9.17) is 5.73 Å². The summed E-state index contributed by atoms with van der Waals surface area (Å²) >= 11 is 0. The van der Waals surface area contributed by atoms with Crippen LogP contribution in [0.2, 0.25) is 0 Å². The van der Waals surface area contributed by atoms with Gasteiger partial charge in [-0.15, -0.1) is 12.4 Å². The molecule has 1 atom stereocenters. The van der Waals surface area contributed by atoms with Gasteiger partial charge < -0.3 is 11.1 Å². The van der Waals surface area contributed by atoms with Gasteiger partial charge in [-0.25, -0.2) is 0 Å². The quantitative estimate of drug-likeness (QED) is 0.817. The van der Waals surface area contributed by atoms with Crippen LogP contribution in [0.4, 0.5) is 0 Å². The molecule has 1 amide bonds. The van der Waals surface area contributed by atoms with Gasteiger partial charge in [-0.1, -0.05) is 13.8 Å². The van der Waals surface area contributed by atoms with Crippen molar-refractivity contribution in [1.82, 2.24) is 5.32 Å². The smallest absolute Gasteiger partial charge is 0.236 e. The zero-order valence-electron chi connectivity index (χ0n) is 11.2. The summed E-state index contributed by atoms with van der Waals surface area (Å²) in [5.41, 5.74) is 5.50. The van der Waals surface area contributed by atoms with Crippen LogP contribution in [0.25, 0.3) is 0 Å². The lowest BCUT2D eigenvalue weighted by molar-refractivity contribution is -0.122. The summed E-state index contributed by atoms with van der Waals surface area (Å²) in [5, 5.41) is 2.93. The van der Waals surface area contributed by atoms with Gasteiger partial charge in [0.05, 0.1) is 6.04 Å². The highest BCUT2D eigenvalue weighted by Crippen LogP contribution is 2.32. The van der Waals surface area contributed by atoms with E-state index in [9.17, 15) is 4.79 Å². The maximum absolute atomic E-state index is 11.3. The number of nitrogens with two attached hydrogens (primary N) is 1. The summed E-state index contributed by atoms with van der Waals surface area (Å²) in [6, 6.07) is -0.382. The molecular formula is C13H27ClN2O. The first-order valence-corrected chi connectivity index (χ1v) is 6.54. The van der Waals surface area contributed by atoms with E-state index in [-0.39, 0.29) is 24.4 Å². The van der Waals surface area contributed by atoms with Gasteiger partial charge in [-0.3, -0.25) is 4.79 Å². The average molecular weight is 263 g/mol. The topological polar surface area (TPSA) is 55.1 Å². The molecule has 1 fully saturated rings. The molecule has 0 heterocycles. The lowest BCUT2D eigenvalue weighted by Gasteiger charge is -2.31. The van der Waals surface area contributed by atoms with Gasteiger partial charge in [0.15, 0.2) is 0 Å². The van der Waals surface area contributed by atoms with E-state index in [1.165, 1.54) is 25.7 Å². The molecule has 1 saturated carbocycles. The third-order valence-corrected chi connectivity index (χ3v) is 3.81. The fourth-order valence-electron chi connectivity index (χ4n) is 2.46. The van der Waals surface area contributed by atoms with E-state index >= 15 is 0 Å². The molecule has 0 aromatic rings. The highest BCUT2D eigenvalue weighted by molar-refractivity contribution is 5.85. The third kappa shape index (κ3) is 5.73. The van der Waals surface area contributed by atoms with Crippen LogP contribution in [-0.2, 0) is 4.79 Å². The first-order chi connectivity index (χ1) is 7.50. The van der Waals surface area contributed by atoms with E-state index in [2.05, 4.69) is 19.2 Å². The predicted octanol–water partition coefficient (Wildman–Crippen LogP) is 2.33. The van der Waals surface area contributed by atoms with Crippen LogP contribution in [0.3, 0.4) is 0 Å². The molecular weight excluding hydrogens is 236 g/mol. The maximum atomic E-state index is 11.3. The molecule has 0 bridgehead atoms. The average Bonchev–Trinajstić information content (AvgIpc) is 2.26. The number of amides is 1. The third-order valence-electron chi connectivity index (χ3n) is 3.81. The van der Waals surface area contributed by atoms with Crippen LogP contribution in [0.15, 0.2) is 0 Å². The molecule has 0 aromatic heterocycles. The summed E-state index contributed by atoms with van der Waals surface area (Å²) in [7, 11) is 0. The van der Waals surface area contributed by atoms with Crippen molar-refractivity contribution in [3.05, 3.63) is 0 Å². The number of carbonyl (C=O) groups is 1. The summed E-state index contributed by atoms with van der Waals surface area (Å²) < 4.78 is 0. The molecule has 102 valence electrons. The van der Waals surface area contributed by atoms with Crippen LogP contribution in [-0.4, -0.2) is 18.5 Å². The first kappa shape index (κ1) is 16.7. The summed E-state index contributed by atoms with van der Waals surface area (Å²) in [4.78, 5) is 11.3. The molecule has 1 rings (SSSR count). The molecule has 1 aliphatic carbocycles. The number of nitrogens with one attached hydrogen (secondary N) is 1. The van der Waals surface area contributed by atoms with Crippen LogP contribution in [0, 0.1) is 17.8 Å². The lowest BCUT2D eigenvalue weighted by Crippen LogP contribution is -2.41. The van der Waals surface area contributed by atoms with Crippen LogP contribution >= 0.6 is 12.4 Å². The van der Waals surface area contributed by atoms with E-state index in [0.29, 0.717) is 5.92 Å². The number of carbonyl (C=O) groups excluding carboxylic acids is 1. The molecule has 17 heavy (non-hydrogen) atoms. The number of hydrogen-bond donors (Lipinski definition) is 2. The van der Waals surface area contributed by atoms with Crippen LogP contribution in [0.5, 0.6) is 0 Å². The Morgan fingerprint density at radius 1 is 1.24 bits per heavy atom. The molecule has 1 unspecified atom stereocenters. The predicted molar refractivity (Wildman–Crippen MR) is 74.2 cm³/mol. The monoisotopic (exact) mass is 262 g/mol. The minimum atomic E-state index is -0.382. The molecule has 0 radical (unpaired) electrons. The SMILES string of the molecule is CC(N)C(=O)NCC1CCC(C(C)C)CC1.Cl. The Hall–Kier alpha value is -0.280. The Kier molecular flexibility index (Phi) is 7.80. The molecule has 0 aliphatic heterocycles. The van der Waals surface area contributed by atoms with Gasteiger partial charge >= 0.3 is 0 Å². The second kappa shape index (κ2) is 7.93. The highest BCUT2D eigenvalue weighted by atomic mass is 35.5. The van der Waals surface area contributed by atoms with Gasteiger partial charge in [-0.2, -0.15) is 0 Å². The Bertz CT molecular complexity index is 223. The lowest BCUT2D eigenvalue weighted by atomic mass is 9.77. The molecule has 0 spiro atoms. The molecule has 1 aliphatic rings. The maximum Gasteiger partial charge on any atom is 0.236 e. The summed E-state index contributed by atoms with van der Waals surface area (Å²) in [5.74, 6) is 2.34. The van der Waals surface area contributed by atoms with Crippen molar-refractivity contribution < 1.29 is 4.79 Å². The van der Waals surface area contributed by atoms with Gasteiger partial charge in [0.25, 0.3) is 0 Å². The van der Waals surface area contributed by atoms with Gasteiger partial charge in [0.2, 0.25) is 5.91 Å². The largest absolute Gasteiger partial charge is 0.354 e. The van der Waals surface area contributed by atoms with Crippen molar-refractivity contribution >= 4 is 18.3 Å². The van der Waals surface area contributed by atoms with E-state index in [1.54, 1.807) is 6.92 Å². The molecule has 4 heteroatoms. The standard InChI is InChI=1S/C13H26N2O.ClH/c1-9(2)12-6-4-11(5-7-12)8-15-13(16)10(3)14;/h9-12H,4-8,14H2,1-3H3,(H,15,16);1H. The molecule has 3 N–H and O–H groups in total. The zero-order chi connectivity index (χ0) is 12.1. The zero-order valence-corrected chi connectivity index (χ0v) is 12.1. The Morgan fingerprint density at radius 3 is 2.18 bits per heavy atom. The van der Waals surface area contributed by atoms with Crippen LogP contribution in [0.1, 0.15) is 46.5 Å². The van der Waals surface area contributed by atoms with E-state index < -0.39 is 0 Å². The van der Waals surface area contributed by atoms with Gasteiger partial charge in [-0.05, 0) is 50.4 Å². The Labute approximate surface area is 111 Å². The van der Waals surface area contributed by atoms with Crippen molar-refractivity contribution in [3.63, 3.8) is 0 Å². The van der Waals surface area contributed by atoms with Crippen molar-refractivity contribution in [3.8, 4) is 0 Å². The fourth-order valence-corrected chi connectivity index (χ4v) is 2.46. The van der Waals surface area contributed by atoms with Crippen molar-refractivity contribution in [1.29, 1.82) is 0 Å². The second-order valence-corrected chi connectivity index (χ2v) is 5.56. The first-order valence-electron chi connectivity index (χ1n) is 6.54. The fraction of sp³-hybridized carbons (Fsp3) is 0.923. The highest BCUT2D eigenvalue weighted by Gasteiger charge is 2.23. The normalized spacial score (nSPS) is 26.2. The number of hydrogen-bond acceptors (Lipinski definition) is 2. The van der Waals surface area contributed by atoms with Gasteiger partial charge in [0.1, 0.15) is 0 Å².